The topological polar surface area (TPSA) is 59.8 Å². The zero-order valence-corrected chi connectivity index (χ0v) is 17.1. The summed E-state index contributed by atoms with van der Waals surface area (Å²) < 4.78 is 13.3. The van der Waals surface area contributed by atoms with Crippen LogP contribution in [0.3, 0.4) is 0 Å². The van der Waals surface area contributed by atoms with Gasteiger partial charge in [0.05, 0.1) is 12.8 Å². The summed E-state index contributed by atoms with van der Waals surface area (Å²) in [4.78, 5) is 21.7. The maximum atomic E-state index is 12.8. The smallest absolute Gasteiger partial charge is 0.270 e. The van der Waals surface area contributed by atoms with Crippen LogP contribution in [-0.2, 0) is 11.3 Å². The van der Waals surface area contributed by atoms with Crippen molar-refractivity contribution >= 4 is 16.9 Å². The van der Waals surface area contributed by atoms with Crippen molar-refractivity contribution < 1.29 is 14.3 Å². The average Bonchev–Trinajstić information content (AvgIpc) is 3.06. The fourth-order valence-electron chi connectivity index (χ4n) is 4.19. The Hall–Kier alpha value is -2.12. The van der Waals surface area contributed by atoms with Crippen LogP contribution in [0, 0.1) is 0 Å². The lowest BCUT2D eigenvalue weighted by Crippen LogP contribution is -2.41. The molecule has 2 aliphatic rings. The highest BCUT2D eigenvalue weighted by molar-refractivity contribution is 5.98. The highest BCUT2D eigenvalue weighted by atomic mass is 16.5. The number of carbonyl (C=O) groups is 1. The van der Waals surface area contributed by atoms with E-state index in [1.165, 1.54) is 0 Å². The number of hydrogen-bond acceptors (Lipinski definition) is 5. The van der Waals surface area contributed by atoms with Crippen molar-refractivity contribution in [3.8, 4) is 5.75 Å². The Labute approximate surface area is 166 Å². The molecule has 4 rings (SSSR count). The van der Waals surface area contributed by atoms with E-state index in [0.29, 0.717) is 31.4 Å². The number of carbonyl (C=O) groups excluding carboxylic acids is 1. The minimum absolute atomic E-state index is 0.0461. The van der Waals surface area contributed by atoms with E-state index < -0.39 is 0 Å². The van der Waals surface area contributed by atoms with Gasteiger partial charge in [-0.1, -0.05) is 0 Å². The van der Waals surface area contributed by atoms with Crippen molar-refractivity contribution in [1.82, 2.24) is 19.4 Å². The van der Waals surface area contributed by atoms with E-state index in [9.17, 15) is 4.79 Å². The molecule has 152 valence electrons. The van der Waals surface area contributed by atoms with Gasteiger partial charge in [-0.15, -0.1) is 0 Å². The van der Waals surface area contributed by atoms with Crippen molar-refractivity contribution in [2.24, 2.45) is 0 Å². The molecule has 7 heteroatoms. The van der Waals surface area contributed by atoms with Crippen molar-refractivity contribution in [2.75, 3.05) is 39.9 Å². The number of nitrogens with zero attached hydrogens (tertiary/aromatic N) is 4. The van der Waals surface area contributed by atoms with Gasteiger partial charge in [0.2, 0.25) is 0 Å². The molecule has 2 aromatic heterocycles. The summed E-state index contributed by atoms with van der Waals surface area (Å²) in [6.07, 6.45) is 4.11. The van der Waals surface area contributed by atoms with Gasteiger partial charge in [0, 0.05) is 51.3 Å². The van der Waals surface area contributed by atoms with Gasteiger partial charge < -0.3 is 23.8 Å². The highest BCUT2D eigenvalue weighted by Gasteiger charge is 2.27. The SMILES string of the molecule is COCCN1CCn2c(cc3cc(OC4CCN(C(C)C)CC4)cnc32)C1=O. The van der Waals surface area contributed by atoms with Crippen LogP contribution in [0.4, 0.5) is 0 Å². The van der Waals surface area contributed by atoms with Crippen LogP contribution in [0.15, 0.2) is 18.3 Å². The van der Waals surface area contributed by atoms with E-state index in [-0.39, 0.29) is 12.0 Å². The number of ether oxygens (including phenoxy) is 2. The van der Waals surface area contributed by atoms with E-state index in [2.05, 4.69) is 23.7 Å². The molecule has 0 aliphatic carbocycles. The van der Waals surface area contributed by atoms with Gasteiger partial charge in [-0.2, -0.15) is 0 Å². The second-order valence-electron chi connectivity index (χ2n) is 8.00. The lowest BCUT2D eigenvalue weighted by molar-refractivity contribution is 0.0643. The lowest BCUT2D eigenvalue weighted by atomic mass is 10.1. The third-order valence-electron chi connectivity index (χ3n) is 5.88. The molecule has 1 saturated heterocycles. The van der Waals surface area contributed by atoms with Gasteiger partial charge >= 0.3 is 0 Å². The van der Waals surface area contributed by atoms with Crippen LogP contribution in [0.5, 0.6) is 5.75 Å². The molecule has 0 N–H and O–H groups in total. The Morgan fingerprint density at radius 1 is 1.18 bits per heavy atom. The van der Waals surface area contributed by atoms with Crippen LogP contribution in [0.2, 0.25) is 0 Å². The van der Waals surface area contributed by atoms with Gasteiger partial charge in [-0.3, -0.25) is 4.79 Å². The van der Waals surface area contributed by atoms with Crippen LogP contribution in [0.1, 0.15) is 37.2 Å². The Kier molecular flexibility index (Phi) is 5.55. The third-order valence-corrected chi connectivity index (χ3v) is 5.88. The summed E-state index contributed by atoms with van der Waals surface area (Å²) in [7, 11) is 1.66. The summed E-state index contributed by atoms with van der Waals surface area (Å²) in [6.45, 7) is 9.25. The molecule has 4 heterocycles. The number of methoxy groups -OCH3 is 1. The van der Waals surface area contributed by atoms with E-state index in [1.807, 2.05) is 21.6 Å². The number of fused-ring (bicyclic) bond motifs is 3. The Balaban J connectivity index is 1.48. The first-order chi connectivity index (χ1) is 13.6. The molecular weight excluding hydrogens is 356 g/mol. The molecule has 2 aromatic rings. The van der Waals surface area contributed by atoms with Crippen LogP contribution < -0.4 is 4.74 Å². The minimum Gasteiger partial charge on any atom is -0.489 e. The maximum Gasteiger partial charge on any atom is 0.270 e. The van der Waals surface area contributed by atoms with Gasteiger partial charge in [-0.05, 0) is 38.8 Å². The minimum atomic E-state index is 0.0461. The standard InChI is InChI=1S/C21H30N4O3/c1-15(2)23-6-4-17(5-7-23)28-18-12-16-13-19-21(26)24(10-11-27-3)8-9-25(19)20(16)22-14-18/h12-15,17H,4-11H2,1-3H3. The monoisotopic (exact) mass is 386 g/mol. The van der Waals surface area contributed by atoms with Gasteiger partial charge in [0.15, 0.2) is 0 Å². The molecule has 0 radical (unpaired) electrons. The first kappa shape index (κ1) is 19.2. The Morgan fingerprint density at radius 3 is 2.68 bits per heavy atom. The summed E-state index contributed by atoms with van der Waals surface area (Å²) in [5.41, 5.74) is 1.56. The predicted molar refractivity (Wildman–Crippen MR) is 108 cm³/mol. The summed E-state index contributed by atoms with van der Waals surface area (Å²) in [5, 5.41) is 0.967. The number of aromatic nitrogens is 2. The molecule has 0 saturated carbocycles. The fraction of sp³-hybridized carbons (Fsp3) is 0.619. The Morgan fingerprint density at radius 2 is 1.96 bits per heavy atom. The predicted octanol–water partition coefficient (Wildman–Crippen LogP) is 2.39. The molecular formula is C21H30N4O3. The largest absolute Gasteiger partial charge is 0.489 e. The van der Waals surface area contributed by atoms with Crippen LogP contribution in [0.25, 0.3) is 11.0 Å². The van der Waals surface area contributed by atoms with E-state index >= 15 is 0 Å². The molecule has 0 bridgehead atoms. The molecule has 0 spiro atoms. The second kappa shape index (κ2) is 8.09. The van der Waals surface area contributed by atoms with Gasteiger partial charge in [0.1, 0.15) is 23.2 Å². The van der Waals surface area contributed by atoms with E-state index in [4.69, 9.17) is 9.47 Å². The summed E-state index contributed by atoms with van der Waals surface area (Å²) >= 11 is 0. The fourth-order valence-corrected chi connectivity index (χ4v) is 4.19. The summed E-state index contributed by atoms with van der Waals surface area (Å²) in [6, 6.07) is 4.56. The van der Waals surface area contributed by atoms with Crippen LogP contribution in [-0.4, -0.2) is 77.3 Å². The molecule has 7 nitrogen and oxygen atoms in total. The number of hydrogen-bond donors (Lipinski definition) is 0. The zero-order valence-electron chi connectivity index (χ0n) is 17.1. The average molecular weight is 386 g/mol. The van der Waals surface area contributed by atoms with Crippen molar-refractivity contribution in [3.63, 3.8) is 0 Å². The normalized spacial score (nSPS) is 18.9. The second-order valence-corrected chi connectivity index (χ2v) is 8.00. The zero-order chi connectivity index (χ0) is 19.7. The van der Waals surface area contributed by atoms with Crippen molar-refractivity contribution in [1.29, 1.82) is 0 Å². The molecule has 1 fully saturated rings. The van der Waals surface area contributed by atoms with Gasteiger partial charge in [-0.25, -0.2) is 4.98 Å². The number of amides is 1. The first-order valence-electron chi connectivity index (χ1n) is 10.2. The molecule has 0 aromatic carbocycles. The molecule has 0 atom stereocenters. The molecule has 28 heavy (non-hydrogen) atoms. The first-order valence-corrected chi connectivity index (χ1v) is 10.2. The van der Waals surface area contributed by atoms with Crippen LogP contribution >= 0.6 is 0 Å². The highest BCUT2D eigenvalue weighted by Crippen LogP contribution is 2.27. The lowest BCUT2D eigenvalue weighted by Gasteiger charge is -2.34. The van der Waals surface area contributed by atoms with Crippen molar-refractivity contribution in [3.05, 3.63) is 24.0 Å². The number of piperidine rings is 1. The van der Waals surface area contributed by atoms with Crippen molar-refractivity contribution in [2.45, 2.75) is 45.4 Å². The number of rotatable bonds is 6. The quantitative estimate of drug-likeness (QED) is 0.763. The summed E-state index contributed by atoms with van der Waals surface area (Å²) in [5.74, 6) is 0.840. The number of pyridine rings is 1. The maximum absolute atomic E-state index is 12.8. The van der Waals surface area contributed by atoms with E-state index in [1.54, 1.807) is 13.3 Å². The third kappa shape index (κ3) is 3.73. The van der Waals surface area contributed by atoms with E-state index in [0.717, 1.165) is 49.3 Å². The molecule has 2 aliphatic heterocycles. The number of likely N-dealkylation sites (tertiary alicyclic amines) is 1. The molecule has 0 unspecified atom stereocenters. The Bertz CT molecular complexity index is 840. The molecule has 1 amide bonds. The van der Waals surface area contributed by atoms with Gasteiger partial charge in [0.25, 0.3) is 5.91 Å².